The number of hydrogen-bond donors (Lipinski definition) is 1. The molecule has 0 bridgehead atoms. The van der Waals surface area contributed by atoms with E-state index >= 15 is 0 Å². The maximum absolute atomic E-state index is 10.9. The molecule has 1 N–H and O–H groups in total. The average Bonchev–Trinajstić information content (AvgIpc) is 2.75. The number of rotatable bonds is 5. The van der Waals surface area contributed by atoms with Gasteiger partial charge in [0.25, 0.3) is 0 Å². The molecule has 1 aliphatic heterocycles. The van der Waals surface area contributed by atoms with Gasteiger partial charge in [-0.25, -0.2) is 0 Å². The second kappa shape index (κ2) is 6.02. The summed E-state index contributed by atoms with van der Waals surface area (Å²) in [6.45, 7) is 8.44. The van der Waals surface area contributed by atoms with Gasteiger partial charge >= 0.3 is 0 Å². The fourth-order valence-electron chi connectivity index (χ4n) is 2.76. The number of aliphatic imine (C=N–C) groups is 1. The number of nitrogens with one attached hydrogen (secondary N) is 1. The van der Waals surface area contributed by atoms with E-state index in [4.69, 9.17) is 0 Å². The third-order valence-corrected chi connectivity index (χ3v) is 3.89. The van der Waals surface area contributed by atoms with E-state index in [1.165, 1.54) is 5.56 Å². The minimum absolute atomic E-state index is 0.181. The molecule has 0 spiro atoms. The molecule has 1 unspecified atom stereocenters. The smallest absolute Gasteiger partial charge is 0.124 e. The van der Waals surface area contributed by atoms with E-state index in [-0.39, 0.29) is 5.92 Å². The van der Waals surface area contributed by atoms with Crippen molar-refractivity contribution in [3.63, 3.8) is 0 Å². The second-order valence-electron chi connectivity index (χ2n) is 5.10. The number of piperidine rings is 1. The van der Waals surface area contributed by atoms with E-state index in [0.717, 1.165) is 50.1 Å². The second-order valence-corrected chi connectivity index (χ2v) is 5.10. The standard InChI is InChI=1S/C14H22N4O/c1-11-13(14(15-2)9-18(11)16-3)8-17-6-4-5-12(7-17)10-19/h9-10,12,16H,2,4-8H2,1,3H3. The van der Waals surface area contributed by atoms with Crippen LogP contribution in [0.5, 0.6) is 0 Å². The summed E-state index contributed by atoms with van der Waals surface area (Å²) in [5.41, 5.74) is 6.36. The summed E-state index contributed by atoms with van der Waals surface area (Å²) in [6.07, 6.45) is 5.15. The summed E-state index contributed by atoms with van der Waals surface area (Å²) in [6, 6.07) is 0. The van der Waals surface area contributed by atoms with E-state index in [0.29, 0.717) is 0 Å². The zero-order valence-corrected chi connectivity index (χ0v) is 11.7. The molecule has 5 nitrogen and oxygen atoms in total. The minimum Gasteiger partial charge on any atom is -0.329 e. The lowest BCUT2D eigenvalue weighted by atomic mass is 9.99. The lowest BCUT2D eigenvalue weighted by Crippen LogP contribution is -2.35. The molecule has 1 fully saturated rings. The van der Waals surface area contributed by atoms with Crippen molar-refractivity contribution in [2.75, 3.05) is 25.6 Å². The van der Waals surface area contributed by atoms with Crippen molar-refractivity contribution in [2.45, 2.75) is 26.3 Å². The Hall–Kier alpha value is -1.62. The Balaban J connectivity index is 2.15. The fourth-order valence-corrected chi connectivity index (χ4v) is 2.76. The molecule has 104 valence electrons. The number of aldehydes is 1. The van der Waals surface area contributed by atoms with E-state index in [1.807, 2.05) is 17.9 Å². The van der Waals surface area contributed by atoms with Crippen LogP contribution >= 0.6 is 0 Å². The molecule has 0 saturated carbocycles. The molecule has 5 heteroatoms. The van der Waals surface area contributed by atoms with Crippen LogP contribution in [0.15, 0.2) is 11.2 Å². The highest BCUT2D eigenvalue weighted by Gasteiger charge is 2.21. The third kappa shape index (κ3) is 2.87. The van der Waals surface area contributed by atoms with Crippen molar-refractivity contribution in [1.82, 2.24) is 9.58 Å². The molecule has 2 rings (SSSR count). The summed E-state index contributed by atoms with van der Waals surface area (Å²) >= 11 is 0. The summed E-state index contributed by atoms with van der Waals surface area (Å²) in [5, 5.41) is 0. The van der Waals surface area contributed by atoms with Gasteiger partial charge in [0.05, 0.1) is 11.9 Å². The van der Waals surface area contributed by atoms with Gasteiger partial charge < -0.3 is 10.2 Å². The summed E-state index contributed by atoms with van der Waals surface area (Å²) in [4.78, 5) is 17.4. The molecule has 1 atom stereocenters. The molecule has 2 heterocycles. The van der Waals surface area contributed by atoms with Crippen molar-refractivity contribution in [1.29, 1.82) is 0 Å². The predicted molar refractivity (Wildman–Crippen MR) is 77.7 cm³/mol. The number of carbonyl (C=O) groups is 1. The van der Waals surface area contributed by atoms with Crippen LogP contribution < -0.4 is 5.43 Å². The zero-order chi connectivity index (χ0) is 13.8. The first-order valence-corrected chi connectivity index (χ1v) is 6.72. The Morgan fingerprint density at radius 1 is 1.63 bits per heavy atom. The first kappa shape index (κ1) is 13.8. The molecule has 1 aromatic heterocycles. The molecule has 1 aromatic rings. The van der Waals surface area contributed by atoms with Crippen molar-refractivity contribution in [3.05, 3.63) is 17.5 Å². The Labute approximate surface area is 114 Å². The maximum Gasteiger partial charge on any atom is 0.124 e. The van der Waals surface area contributed by atoms with Gasteiger partial charge in [-0.05, 0) is 33.0 Å². The van der Waals surface area contributed by atoms with Crippen molar-refractivity contribution in [2.24, 2.45) is 10.9 Å². The highest BCUT2D eigenvalue weighted by Crippen LogP contribution is 2.27. The van der Waals surface area contributed by atoms with E-state index in [9.17, 15) is 4.79 Å². The molecule has 0 amide bonds. The molecule has 19 heavy (non-hydrogen) atoms. The summed E-state index contributed by atoms with van der Waals surface area (Å²) in [7, 11) is 1.88. The Kier molecular flexibility index (Phi) is 4.37. The quantitative estimate of drug-likeness (QED) is 0.649. The van der Waals surface area contributed by atoms with Gasteiger partial charge in [0, 0.05) is 37.3 Å². The molecular weight excluding hydrogens is 240 g/mol. The monoisotopic (exact) mass is 262 g/mol. The van der Waals surface area contributed by atoms with Gasteiger partial charge in [-0.1, -0.05) is 0 Å². The minimum atomic E-state index is 0.181. The van der Waals surface area contributed by atoms with Crippen LogP contribution in [0.4, 0.5) is 5.69 Å². The highest BCUT2D eigenvalue weighted by molar-refractivity contribution is 5.55. The van der Waals surface area contributed by atoms with Crippen molar-refractivity contribution >= 4 is 18.7 Å². The van der Waals surface area contributed by atoms with Crippen molar-refractivity contribution < 1.29 is 4.79 Å². The SMILES string of the molecule is C=Nc1cn(NC)c(C)c1CN1CCCC(C=O)C1. The molecule has 0 aromatic carbocycles. The third-order valence-electron chi connectivity index (χ3n) is 3.89. The van der Waals surface area contributed by atoms with Crippen LogP contribution in [-0.2, 0) is 11.3 Å². The molecule has 1 saturated heterocycles. The Morgan fingerprint density at radius 3 is 3.05 bits per heavy atom. The van der Waals surface area contributed by atoms with Crippen molar-refractivity contribution in [3.8, 4) is 0 Å². The van der Waals surface area contributed by atoms with Gasteiger partial charge in [-0.15, -0.1) is 0 Å². The van der Waals surface area contributed by atoms with E-state index in [1.54, 1.807) is 0 Å². The Bertz CT molecular complexity index is 466. The molecule has 1 aliphatic rings. The van der Waals surface area contributed by atoms with Crippen LogP contribution in [0.2, 0.25) is 0 Å². The van der Waals surface area contributed by atoms with Gasteiger partial charge in [0.2, 0.25) is 0 Å². The number of carbonyl (C=O) groups excluding carboxylic acids is 1. The molecule has 0 radical (unpaired) electrons. The Morgan fingerprint density at radius 2 is 2.42 bits per heavy atom. The first-order chi connectivity index (χ1) is 9.19. The molecule has 0 aliphatic carbocycles. The first-order valence-electron chi connectivity index (χ1n) is 6.72. The summed E-state index contributed by atoms with van der Waals surface area (Å²) in [5.74, 6) is 0.181. The zero-order valence-electron chi connectivity index (χ0n) is 11.7. The van der Waals surface area contributed by atoms with Gasteiger partial charge in [0.15, 0.2) is 0 Å². The lowest BCUT2D eigenvalue weighted by Gasteiger charge is -2.30. The normalized spacial score (nSPS) is 20.2. The van der Waals surface area contributed by atoms with Crippen LogP contribution in [0.1, 0.15) is 24.1 Å². The van der Waals surface area contributed by atoms with Crippen LogP contribution in [0.25, 0.3) is 0 Å². The number of aromatic nitrogens is 1. The number of hydrogen-bond acceptors (Lipinski definition) is 4. The largest absolute Gasteiger partial charge is 0.329 e. The predicted octanol–water partition coefficient (Wildman–Crippen LogP) is 1.71. The topological polar surface area (TPSA) is 49.6 Å². The lowest BCUT2D eigenvalue weighted by molar-refractivity contribution is -0.112. The fraction of sp³-hybridized carbons (Fsp3) is 0.571. The van der Waals surface area contributed by atoms with Gasteiger partial charge in [-0.3, -0.25) is 14.6 Å². The van der Waals surface area contributed by atoms with Crippen LogP contribution in [0.3, 0.4) is 0 Å². The summed E-state index contributed by atoms with van der Waals surface area (Å²) < 4.78 is 1.96. The van der Waals surface area contributed by atoms with Crippen LogP contribution in [-0.4, -0.2) is 42.7 Å². The van der Waals surface area contributed by atoms with Crippen LogP contribution in [0, 0.1) is 12.8 Å². The maximum atomic E-state index is 10.9. The van der Waals surface area contributed by atoms with E-state index in [2.05, 4.69) is 29.0 Å². The number of likely N-dealkylation sites (tertiary alicyclic amines) is 1. The molecular formula is C14H22N4O. The average molecular weight is 262 g/mol. The van der Waals surface area contributed by atoms with E-state index < -0.39 is 0 Å². The highest BCUT2D eigenvalue weighted by atomic mass is 16.1. The number of nitrogens with zero attached hydrogens (tertiary/aromatic N) is 3. The van der Waals surface area contributed by atoms with Gasteiger partial charge in [-0.2, -0.15) is 0 Å². The van der Waals surface area contributed by atoms with Gasteiger partial charge in [0.1, 0.15) is 6.29 Å².